The zero-order valence-electron chi connectivity index (χ0n) is 82.1. The van der Waals surface area contributed by atoms with Crippen molar-refractivity contribution in [2.24, 2.45) is 35.2 Å². The molecule has 0 aliphatic carbocycles. The van der Waals surface area contributed by atoms with Crippen molar-refractivity contribution in [1.82, 2.24) is 13.9 Å². The number of hydrogen-bond donors (Lipinski definition) is 0. The molecule has 668 valence electrons. The Labute approximate surface area is 758 Å². The molecule has 15 heteroatoms. The van der Waals surface area contributed by atoms with Crippen molar-refractivity contribution in [1.29, 1.82) is 0 Å². The first kappa shape index (κ1) is 95.7. The number of para-hydroxylation sites is 1. The molecule has 1 aliphatic heterocycles. The van der Waals surface area contributed by atoms with E-state index in [2.05, 4.69) is 365 Å². The maximum absolute atomic E-state index is 6.15. The number of aromatic nitrogens is 8. The number of rotatable bonds is 22. The molecule has 0 saturated heterocycles. The first-order valence-corrected chi connectivity index (χ1v) is 45.6. The largest absolute Gasteiger partial charge is 0.491 e. The van der Waals surface area contributed by atoms with E-state index in [1.54, 1.807) is 12.7 Å². The Balaban J connectivity index is 0.000000156. The second-order valence-corrected chi connectivity index (χ2v) is 37.7. The van der Waals surface area contributed by atoms with E-state index >= 15 is 0 Å². The maximum Gasteiger partial charge on any atom is 0.380 e. The minimum Gasteiger partial charge on any atom is -0.491 e. The first-order chi connectivity index (χ1) is 60.1. The number of imidazole rings is 1. The zero-order chi connectivity index (χ0) is 92.5. The third-order valence-corrected chi connectivity index (χ3v) is 24.5. The first-order valence-electron chi connectivity index (χ1n) is 45.6. The fourth-order valence-electron chi connectivity index (χ4n) is 17.3. The fourth-order valence-corrected chi connectivity index (χ4v) is 17.3. The number of nitrogens with zero attached hydrogens (tertiary/aromatic N) is 8. The third-order valence-electron chi connectivity index (χ3n) is 24.5. The van der Waals surface area contributed by atoms with Crippen LogP contribution in [0, 0.1) is 34.6 Å². The monoisotopic (exact) mass is 1710 g/mol. The van der Waals surface area contributed by atoms with Crippen molar-refractivity contribution in [2.75, 3.05) is 0 Å². The second-order valence-electron chi connectivity index (χ2n) is 37.7. The maximum atomic E-state index is 6.15. The lowest BCUT2D eigenvalue weighted by molar-refractivity contribution is -0.745. The van der Waals surface area contributed by atoms with Crippen LogP contribution in [0.15, 0.2) is 241 Å². The van der Waals surface area contributed by atoms with Crippen molar-refractivity contribution in [3.63, 3.8) is 0 Å². The average molecular weight is 1710 g/mol. The van der Waals surface area contributed by atoms with Crippen LogP contribution in [0.5, 0.6) is 28.7 Å². The van der Waals surface area contributed by atoms with E-state index in [1.807, 2.05) is 113 Å². The molecule has 0 fully saturated rings. The Morgan fingerprint density at radius 3 is 1.28 bits per heavy atom. The van der Waals surface area contributed by atoms with Gasteiger partial charge in [0.1, 0.15) is 71.8 Å². The second kappa shape index (κ2) is 40.8. The molecule has 15 rings (SSSR count). The van der Waals surface area contributed by atoms with Gasteiger partial charge in [-0.1, -0.05) is 204 Å². The summed E-state index contributed by atoms with van der Waals surface area (Å²) in [5, 5.41) is 0. The predicted molar refractivity (Wildman–Crippen MR) is 518 cm³/mol. The molecule has 0 radical (unpaired) electrons. The highest BCUT2D eigenvalue weighted by atomic mass is 16.5. The van der Waals surface area contributed by atoms with E-state index in [-0.39, 0.29) is 41.3 Å². The van der Waals surface area contributed by atoms with Crippen molar-refractivity contribution in [2.45, 2.75) is 252 Å². The van der Waals surface area contributed by atoms with E-state index in [0.29, 0.717) is 23.7 Å². The summed E-state index contributed by atoms with van der Waals surface area (Å²) in [6.07, 6.45) is 17.3. The highest BCUT2D eigenvalue weighted by Crippen LogP contribution is 2.54. The van der Waals surface area contributed by atoms with Crippen LogP contribution in [0.4, 0.5) is 0 Å². The van der Waals surface area contributed by atoms with Crippen LogP contribution < -0.4 is 46.7 Å². The fraction of sp³-hybridized carbons (Fsp3) is 0.384. The van der Waals surface area contributed by atoms with Crippen molar-refractivity contribution in [3.05, 3.63) is 293 Å². The molecule has 5 aromatic heterocycles. The molecule has 0 N–H and O–H groups in total. The number of hydrogen-bond acceptors (Lipinski definition) is 7. The minimum atomic E-state index is -0.0563. The van der Waals surface area contributed by atoms with Crippen LogP contribution in [0.25, 0.3) is 84.5 Å². The summed E-state index contributed by atoms with van der Waals surface area (Å²) >= 11 is 0. The van der Waals surface area contributed by atoms with Gasteiger partial charge in [0.05, 0.1) is 71.6 Å². The van der Waals surface area contributed by atoms with Crippen LogP contribution >= 0.6 is 0 Å². The topological polar surface area (TPSA) is 107 Å². The van der Waals surface area contributed by atoms with Gasteiger partial charge in [0.2, 0.25) is 18.7 Å². The molecule has 14 aromatic rings. The van der Waals surface area contributed by atoms with Crippen LogP contribution in [0.3, 0.4) is 0 Å². The van der Waals surface area contributed by atoms with Crippen LogP contribution in [-0.4, -0.2) is 44.5 Å². The Kier molecular flexibility index (Phi) is 30.7. The molecule has 0 atom stereocenters. The minimum absolute atomic E-state index is 0.0334. The third kappa shape index (κ3) is 21.0. The molecule has 0 saturated carbocycles. The summed E-state index contributed by atoms with van der Waals surface area (Å²) < 4.78 is 58.5. The van der Waals surface area contributed by atoms with Gasteiger partial charge in [-0.15, -0.1) is 18.7 Å². The van der Waals surface area contributed by atoms with Gasteiger partial charge in [0, 0.05) is 55.3 Å². The Hall–Kier alpha value is -12.0. The van der Waals surface area contributed by atoms with E-state index in [9.17, 15) is 0 Å². The predicted octanol–water partition coefficient (Wildman–Crippen LogP) is 25.7. The molecule has 9 aromatic carbocycles. The molecule has 0 amide bonds. The quantitative estimate of drug-likeness (QED) is 0.0622. The van der Waals surface area contributed by atoms with Crippen molar-refractivity contribution < 1.29 is 55.6 Å². The number of fused-ring (bicyclic) bond motifs is 3. The number of ether oxygens (including phenoxy) is 5. The van der Waals surface area contributed by atoms with Gasteiger partial charge in [-0.3, -0.25) is 0 Å². The van der Waals surface area contributed by atoms with Crippen molar-refractivity contribution in [3.8, 4) is 113 Å². The summed E-state index contributed by atoms with van der Waals surface area (Å²) in [4.78, 5) is 0. The summed E-state index contributed by atoms with van der Waals surface area (Å²) in [5.74, 6) is 7.43. The van der Waals surface area contributed by atoms with E-state index in [0.717, 1.165) is 85.1 Å². The molecule has 6 heterocycles. The standard InChI is InChI=1S/C26H33N2O.2C26H35N2O.C20H22NO2.C14H18NO2/c1-17(2)29-22-15-14-21-23(18(22)3)28-24(26(6,7)25(21,4)5)20(16-27(28)8)19-12-10-9-11-13-19;1-17(2)22-11-9-12-23(18(3)4)26(22)21-15-27(8)28(16-21)24-13-10-14-25(20(24)7)29-19(5)6;1-17(2)21-11-9-12-22(18(3)4)26(21)28-15-24(27(8)16-28)23-13-10-14-25(20(23)7)29-19(5)6;1-14(2)23-19-12-8-11-17(15(19)3)18-13-22-20(21(18)4)16-9-6-5-7-10-16;1-10(2)17-14-7-5-6-12(11(14)3)13-8-16-9-15(13)4/h9-17H,1-8H3;2*9-19H,1-8H3;5-14H,1-4H3;5-10H,1-4H3/q5*+1. The lowest BCUT2D eigenvalue weighted by Crippen LogP contribution is -2.51. The van der Waals surface area contributed by atoms with Gasteiger partial charge in [-0.2, -0.15) is 9.13 Å². The van der Waals surface area contributed by atoms with Gasteiger partial charge in [0.25, 0.3) is 11.4 Å². The molecule has 0 bridgehead atoms. The Morgan fingerprint density at radius 1 is 0.378 bits per heavy atom. The van der Waals surface area contributed by atoms with Crippen LogP contribution in [0.2, 0.25) is 0 Å². The normalized spacial score (nSPS) is 12.5. The SMILES string of the molecule is Cc1c(OC(C)C)ccc2c1-n1c(c(-c3ccccc3)c[n+]1C)C(C)(C)C2(C)C.Cc1c(OC(C)C)cccc1-c1c[n+](-c2c(C(C)C)cccc2C(C)C)cn1C.Cc1c(OC(C)C)cccc1-c1coc(-c2ccccc2)[n+]1C.Cc1c(OC(C)C)cccc1-c1coc[n+]1C.Cc1c(OC(C)C)cccc1-n1cc(-c2c(C(C)C)cccc2C(C)C)c[n+]1C. The highest BCUT2D eigenvalue weighted by molar-refractivity contribution is 5.74. The van der Waals surface area contributed by atoms with E-state index < -0.39 is 0 Å². The average Bonchev–Trinajstić information content (AvgIpc) is 1.65. The smallest absolute Gasteiger partial charge is 0.380 e. The zero-order valence-corrected chi connectivity index (χ0v) is 82.1. The van der Waals surface area contributed by atoms with E-state index in [4.69, 9.17) is 32.5 Å². The number of aryl methyl sites for hydroxylation is 4. The molecular formula is C112H143N8O7+5. The summed E-state index contributed by atoms with van der Waals surface area (Å²) in [7, 11) is 10.4. The molecular weight excluding hydrogens is 1570 g/mol. The molecule has 0 unspecified atom stereocenters. The highest BCUT2D eigenvalue weighted by Gasteiger charge is 2.52. The van der Waals surface area contributed by atoms with Gasteiger partial charge in [-0.25, -0.2) is 9.13 Å². The summed E-state index contributed by atoms with van der Waals surface area (Å²) in [6.45, 7) is 58.9. The molecule has 0 spiro atoms. The summed E-state index contributed by atoms with van der Waals surface area (Å²) in [6, 6.07) is 63.5. The van der Waals surface area contributed by atoms with Crippen LogP contribution in [0.1, 0.15) is 237 Å². The van der Waals surface area contributed by atoms with Gasteiger partial charge < -0.3 is 32.5 Å². The number of oxazole rings is 2. The van der Waals surface area contributed by atoms with Gasteiger partial charge in [0.15, 0.2) is 32.3 Å². The lowest BCUT2D eigenvalue weighted by atomic mass is 9.59. The van der Waals surface area contributed by atoms with Gasteiger partial charge >= 0.3 is 12.3 Å². The lowest BCUT2D eigenvalue weighted by Gasteiger charge is -2.46. The molecule has 1 aliphatic rings. The van der Waals surface area contributed by atoms with Crippen molar-refractivity contribution >= 4 is 0 Å². The Bertz CT molecular complexity index is 5860. The van der Waals surface area contributed by atoms with E-state index in [1.165, 1.54) is 89.5 Å². The van der Waals surface area contributed by atoms with Crippen LogP contribution in [-0.2, 0) is 46.1 Å². The molecule has 15 nitrogen and oxygen atoms in total. The number of benzene rings is 9. The molecule has 127 heavy (non-hydrogen) atoms. The Morgan fingerprint density at radius 2 is 0.811 bits per heavy atom. The van der Waals surface area contributed by atoms with Gasteiger partial charge in [-0.05, 0) is 216 Å². The summed E-state index contributed by atoms with van der Waals surface area (Å²) in [5.41, 5.74) is 30.7.